The molecule has 1 aliphatic rings. The molecular formula is C14H19ClN6O. The van der Waals surface area contributed by atoms with E-state index in [0.29, 0.717) is 24.0 Å². The van der Waals surface area contributed by atoms with Crippen molar-refractivity contribution >= 4 is 17.5 Å². The lowest BCUT2D eigenvalue weighted by Gasteiger charge is -2.29. The average Bonchev–Trinajstić information content (AvgIpc) is 3.17. The topological polar surface area (TPSA) is 77.6 Å². The summed E-state index contributed by atoms with van der Waals surface area (Å²) >= 11 is 5.79. The predicted molar refractivity (Wildman–Crippen MR) is 81.3 cm³/mol. The first-order valence-electron chi connectivity index (χ1n) is 7.52. The number of aryl methyl sites for hydroxylation is 1. The summed E-state index contributed by atoms with van der Waals surface area (Å²) in [5.41, 5.74) is 0. The van der Waals surface area contributed by atoms with Crippen LogP contribution in [0.1, 0.15) is 38.1 Å². The maximum atomic E-state index is 12.0. The molecule has 1 N–H and O–H groups in total. The number of halogens is 1. The van der Waals surface area contributed by atoms with Gasteiger partial charge in [0, 0.05) is 31.2 Å². The van der Waals surface area contributed by atoms with Gasteiger partial charge in [0.1, 0.15) is 12.7 Å². The van der Waals surface area contributed by atoms with Crippen molar-refractivity contribution in [2.24, 2.45) is 0 Å². The van der Waals surface area contributed by atoms with Crippen molar-refractivity contribution in [3.8, 4) is 0 Å². The molecule has 1 aliphatic carbocycles. The van der Waals surface area contributed by atoms with Crippen molar-refractivity contribution in [1.29, 1.82) is 0 Å². The third kappa shape index (κ3) is 3.85. The molecule has 0 saturated heterocycles. The quantitative estimate of drug-likeness (QED) is 0.910. The minimum absolute atomic E-state index is 0.0689. The SMILES string of the molecule is O=C(CCn1cc(Cl)cn1)NC1CCC(n2cnnc2)CC1. The molecule has 3 rings (SSSR count). The molecule has 1 saturated carbocycles. The van der Waals surface area contributed by atoms with Crippen LogP contribution in [0.5, 0.6) is 0 Å². The summed E-state index contributed by atoms with van der Waals surface area (Å²) in [4.78, 5) is 12.0. The Morgan fingerprint density at radius 1 is 1.27 bits per heavy atom. The normalized spacial score (nSPS) is 21.7. The third-order valence-electron chi connectivity index (χ3n) is 4.09. The first-order valence-corrected chi connectivity index (χ1v) is 7.90. The second kappa shape index (κ2) is 6.91. The molecule has 0 atom stereocenters. The second-order valence-corrected chi connectivity index (χ2v) is 6.09. The van der Waals surface area contributed by atoms with Crippen LogP contribution < -0.4 is 5.32 Å². The predicted octanol–water partition coefficient (Wildman–Crippen LogP) is 1.82. The Hall–Kier alpha value is -1.89. The van der Waals surface area contributed by atoms with Crippen molar-refractivity contribution in [3.63, 3.8) is 0 Å². The van der Waals surface area contributed by atoms with Gasteiger partial charge in [-0.05, 0) is 25.7 Å². The molecule has 2 aromatic rings. The van der Waals surface area contributed by atoms with Gasteiger partial charge in [-0.25, -0.2) is 0 Å². The number of hydrogen-bond acceptors (Lipinski definition) is 4. The highest BCUT2D eigenvalue weighted by Gasteiger charge is 2.23. The van der Waals surface area contributed by atoms with E-state index in [1.54, 1.807) is 29.7 Å². The lowest BCUT2D eigenvalue weighted by molar-refractivity contribution is -0.122. The molecule has 1 amide bonds. The van der Waals surface area contributed by atoms with E-state index in [1.807, 2.05) is 0 Å². The number of carbonyl (C=O) groups is 1. The first-order chi connectivity index (χ1) is 10.7. The molecule has 0 unspecified atom stereocenters. The van der Waals surface area contributed by atoms with E-state index in [-0.39, 0.29) is 11.9 Å². The van der Waals surface area contributed by atoms with E-state index in [1.165, 1.54) is 0 Å². The van der Waals surface area contributed by atoms with Crippen LogP contribution in [0.25, 0.3) is 0 Å². The fourth-order valence-corrected chi connectivity index (χ4v) is 3.05. The number of carbonyl (C=O) groups excluding carboxylic acids is 1. The van der Waals surface area contributed by atoms with Crippen LogP contribution >= 0.6 is 11.6 Å². The smallest absolute Gasteiger partial charge is 0.222 e. The summed E-state index contributed by atoms with van der Waals surface area (Å²) in [6, 6.07) is 0.718. The van der Waals surface area contributed by atoms with E-state index in [4.69, 9.17) is 11.6 Å². The van der Waals surface area contributed by atoms with Crippen LogP contribution in [0.4, 0.5) is 0 Å². The highest BCUT2D eigenvalue weighted by Crippen LogP contribution is 2.27. The molecule has 0 aliphatic heterocycles. The van der Waals surface area contributed by atoms with E-state index in [9.17, 15) is 4.79 Å². The average molecular weight is 323 g/mol. The van der Waals surface area contributed by atoms with Gasteiger partial charge in [0.25, 0.3) is 0 Å². The lowest BCUT2D eigenvalue weighted by atomic mass is 9.91. The maximum absolute atomic E-state index is 12.0. The molecule has 1 fully saturated rings. The maximum Gasteiger partial charge on any atom is 0.222 e. The summed E-state index contributed by atoms with van der Waals surface area (Å²) in [7, 11) is 0. The molecule has 2 heterocycles. The molecule has 7 nitrogen and oxygen atoms in total. The first kappa shape index (κ1) is 15.0. The fourth-order valence-electron chi connectivity index (χ4n) is 2.89. The Morgan fingerprint density at radius 3 is 2.64 bits per heavy atom. The van der Waals surface area contributed by atoms with Gasteiger partial charge in [-0.2, -0.15) is 5.10 Å². The van der Waals surface area contributed by atoms with Crippen molar-refractivity contribution < 1.29 is 4.79 Å². The summed E-state index contributed by atoms with van der Waals surface area (Å²) in [5.74, 6) is 0.0689. The Labute approximate surface area is 133 Å². The molecule has 2 aromatic heterocycles. The van der Waals surface area contributed by atoms with Crippen LogP contribution in [-0.4, -0.2) is 36.5 Å². The zero-order chi connectivity index (χ0) is 15.4. The number of hydrogen-bond donors (Lipinski definition) is 1. The van der Waals surface area contributed by atoms with Gasteiger partial charge in [0.15, 0.2) is 0 Å². The lowest BCUT2D eigenvalue weighted by Crippen LogP contribution is -2.38. The molecule has 0 aromatic carbocycles. The van der Waals surface area contributed by atoms with Crippen molar-refractivity contribution in [3.05, 3.63) is 30.1 Å². The van der Waals surface area contributed by atoms with Gasteiger partial charge in [-0.1, -0.05) is 11.6 Å². The largest absolute Gasteiger partial charge is 0.353 e. The summed E-state index contributed by atoms with van der Waals surface area (Å²) in [6.45, 7) is 0.550. The Morgan fingerprint density at radius 2 is 2.00 bits per heavy atom. The van der Waals surface area contributed by atoms with E-state index < -0.39 is 0 Å². The van der Waals surface area contributed by atoms with Gasteiger partial charge in [-0.3, -0.25) is 9.48 Å². The van der Waals surface area contributed by atoms with Crippen molar-refractivity contribution in [1.82, 2.24) is 29.9 Å². The van der Waals surface area contributed by atoms with Gasteiger partial charge < -0.3 is 9.88 Å². The molecule has 0 spiro atoms. The van der Waals surface area contributed by atoms with Gasteiger partial charge in [-0.15, -0.1) is 10.2 Å². The molecular weight excluding hydrogens is 304 g/mol. The minimum Gasteiger partial charge on any atom is -0.353 e. The highest BCUT2D eigenvalue weighted by atomic mass is 35.5. The zero-order valence-electron chi connectivity index (χ0n) is 12.2. The van der Waals surface area contributed by atoms with Crippen molar-refractivity contribution in [2.45, 2.75) is 50.7 Å². The fraction of sp³-hybridized carbons (Fsp3) is 0.571. The Bertz CT molecular complexity index is 603. The van der Waals surface area contributed by atoms with E-state index >= 15 is 0 Å². The number of nitrogens with one attached hydrogen (secondary N) is 1. The number of amides is 1. The van der Waals surface area contributed by atoms with Crippen molar-refractivity contribution in [2.75, 3.05) is 0 Å². The van der Waals surface area contributed by atoms with Crippen LogP contribution in [-0.2, 0) is 11.3 Å². The third-order valence-corrected chi connectivity index (χ3v) is 4.28. The monoisotopic (exact) mass is 322 g/mol. The molecule has 22 heavy (non-hydrogen) atoms. The molecule has 0 radical (unpaired) electrons. The van der Waals surface area contributed by atoms with E-state index in [2.05, 4.69) is 25.2 Å². The van der Waals surface area contributed by atoms with Crippen LogP contribution in [0, 0.1) is 0 Å². The Kier molecular flexibility index (Phi) is 4.72. The van der Waals surface area contributed by atoms with Crippen LogP contribution in [0.15, 0.2) is 25.0 Å². The summed E-state index contributed by atoms with van der Waals surface area (Å²) in [5, 5.41) is 15.5. The van der Waals surface area contributed by atoms with Gasteiger partial charge in [0.05, 0.1) is 11.2 Å². The molecule has 0 bridgehead atoms. The molecule has 118 valence electrons. The van der Waals surface area contributed by atoms with Gasteiger partial charge in [0.2, 0.25) is 5.91 Å². The van der Waals surface area contributed by atoms with Gasteiger partial charge >= 0.3 is 0 Å². The highest BCUT2D eigenvalue weighted by molar-refractivity contribution is 6.30. The standard InChI is InChI=1S/C14H19ClN6O/c15-11-7-18-21(8-11)6-5-14(22)19-12-1-3-13(4-2-12)20-9-16-17-10-20/h7-10,12-13H,1-6H2,(H,19,22). The number of rotatable bonds is 5. The number of aromatic nitrogens is 5. The zero-order valence-corrected chi connectivity index (χ0v) is 13.0. The molecule has 8 heteroatoms. The van der Waals surface area contributed by atoms with E-state index in [0.717, 1.165) is 25.7 Å². The van der Waals surface area contributed by atoms with Crippen LogP contribution in [0.2, 0.25) is 5.02 Å². The Balaban J connectivity index is 1.39. The minimum atomic E-state index is 0.0689. The second-order valence-electron chi connectivity index (χ2n) is 5.65. The summed E-state index contributed by atoms with van der Waals surface area (Å²) < 4.78 is 3.74. The summed E-state index contributed by atoms with van der Waals surface area (Å²) in [6.07, 6.45) is 11.3. The number of nitrogens with zero attached hydrogens (tertiary/aromatic N) is 5. The van der Waals surface area contributed by atoms with Crippen LogP contribution in [0.3, 0.4) is 0 Å².